The summed E-state index contributed by atoms with van der Waals surface area (Å²) in [6, 6.07) is 15.9. The van der Waals surface area contributed by atoms with Crippen LogP contribution in [-0.4, -0.2) is 41.8 Å². The maximum atomic E-state index is 12.6. The van der Waals surface area contributed by atoms with Crippen LogP contribution in [0.3, 0.4) is 0 Å². The SMILES string of the molecule is CCC(CC(=O)NC1CCCC1CC(=O)O)NC(=O)OCC1c2ccccc2-c2ccccc21. The number of aliphatic carboxylic acids is 1. The molecule has 0 heterocycles. The number of benzene rings is 2. The van der Waals surface area contributed by atoms with E-state index in [1.54, 1.807) is 0 Å². The van der Waals surface area contributed by atoms with Crippen LogP contribution in [0.5, 0.6) is 0 Å². The highest BCUT2D eigenvalue weighted by atomic mass is 16.5. The fourth-order valence-corrected chi connectivity index (χ4v) is 5.29. The Morgan fingerprint density at radius 1 is 1.03 bits per heavy atom. The highest BCUT2D eigenvalue weighted by Gasteiger charge is 2.31. The van der Waals surface area contributed by atoms with Gasteiger partial charge >= 0.3 is 12.1 Å². The van der Waals surface area contributed by atoms with E-state index < -0.39 is 12.1 Å². The summed E-state index contributed by atoms with van der Waals surface area (Å²) in [6.45, 7) is 2.13. The summed E-state index contributed by atoms with van der Waals surface area (Å²) in [5.41, 5.74) is 4.64. The molecule has 2 aromatic rings. The van der Waals surface area contributed by atoms with Crippen molar-refractivity contribution in [2.75, 3.05) is 6.61 Å². The molecule has 0 aliphatic heterocycles. The van der Waals surface area contributed by atoms with E-state index in [1.165, 1.54) is 11.1 Å². The van der Waals surface area contributed by atoms with Crippen LogP contribution in [0.15, 0.2) is 48.5 Å². The predicted molar refractivity (Wildman–Crippen MR) is 128 cm³/mol. The van der Waals surface area contributed by atoms with Crippen LogP contribution in [0, 0.1) is 5.92 Å². The molecule has 0 aromatic heterocycles. The molecule has 2 aliphatic rings. The van der Waals surface area contributed by atoms with Gasteiger partial charge in [-0.25, -0.2) is 4.79 Å². The summed E-state index contributed by atoms with van der Waals surface area (Å²) in [5.74, 6) is -1.06. The number of fused-ring (bicyclic) bond motifs is 3. The molecular weight excluding hydrogens is 432 g/mol. The van der Waals surface area contributed by atoms with E-state index in [1.807, 2.05) is 31.2 Å². The number of amides is 2. The third kappa shape index (κ3) is 5.41. The molecule has 0 bridgehead atoms. The average molecular weight is 465 g/mol. The zero-order chi connectivity index (χ0) is 24.1. The molecule has 3 N–H and O–H groups in total. The maximum Gasteiger partial charge on any atom is 0.407 e. The zero-order valence-electron chi connectivity index (χ0n) is 19.5. The average Bonchev–Trinajstić information content (AvgIpc) is 3.38. The van der Waals surface area contributed by atoms with Crippen molar-refractivity contribution in [1.29, 1.82) is 0 Å². The summed E-state index contributed by atoms with van der Waals surface area (Å²) >= 11 is 0. The van der Waals surface area contributed by atoms with Gasteiger partial charge in [0, 0.05) is 24.4 Å². The van der Waals surface area contributed by atoms with Crippen LogP contribution in [0.2, 0.25) is 0 Å². The lowest BCUT2D eigenvalue weighted by atomic mass is 9.98. The highest BCUT2D eigenvalue weighted by molar-refractivity contribution is 5.80. The van der Waals surface area contributed by atoms with Crippen LogP contribution in [0.1, 0.15) is 62.5 Å². The lowest BCUT2D eigenvalue weighted by molar-refractivity contribution is -0.138. The smallest absolute Gasteiger partial charge is 0.407 e. The first-order valence-corrected chi connectivity index (χ1v) is 12.1. The fraction of sp³-hybridized carbons (Fsp3) is 0.444. The molecule has 4 rings (SSSR count). The largest absolute Gasteiger partial charge is 0.481 e. The first kappa shape index (κ1) is 23.8. The summed E-state index contributed by atoms with van der Waals surface area (Å²) in [4.78, 5) is 36.2. The van der Waals surface area contributed by atoms with Gasteiger partial charge < -0.3 is 20.5 Å². The number of hydrogen-bond acceptors (Lipinski definition) is 4. The zero-order valence-corrected chi connectivity index (χ0v) is 19.5. The molecule has 3 unspecified atom stereocenters. The summed E-state index contributed by atoms with van der Waals surface area (Å²) in [7, 11) is 0. The Balaban J connectivity index is 1.29. The second-order valence-electron chi connectivity index (χ2n) is 9.24. The Morgan fingerprint density at radius 2 is 1.68 bits per heavy atom. The molecule has 1 fully saturated rings. The van der Waals surface area contributed by atoms with Crippen LogP contribution >= 0.6 is 0 Å². The normalized spacial score (nSPS) is 19.7. The molecule has 0 spiro atoms. The number of carbonyl (C=O) groups is 3. The number of carbonyl (C=O) groups excluding carboxylic acids is 2. The summed E-state index contributed by atoms with van der Waals surface area (Å²) < 4.78 is 5.60. The Bertz CT molecular complexity index is 1010. The number of ether oxygens (including phenoxy) is 1. The molecule has 2 amide bonds. The Morgan fingerprint density at radius 3 is 2.29 bits per heavy atom. The molecule has 2 aromatic carbocycles. The van der Waals surface area contributed by atoms with Gasteiger partial charge in [-0.05, 0) is 47.4 Å². The molecule has 0 saturated heterocycles. The van der Waals surface area contributed by atoms with Crippen molar-refractivity contribution in [2.45, 2.75) is 63.5 Å². The van der Waals surface area contributed by atoms with Gasteiger partial charge in [0.05, 0.1) is 6.42 Å². The van der Waals surface area contributed by atoms with Crippen molar-refractivity contribution in [3.05, 3.63) is 59.7 Å². The van der Waals surface area contributed by atoms with Crippen molar-refractivity contribution in [1.82, 2.24) is 10.6 Å². The molecule has 0 radical (unpaired) electrons. The molecule has 3 atom stereocenters. The number of alkyl carbamates (subject to hydrolysis) is 1. The second-order valence-corrected chi connectivity index (χ2v) is 9.24. The van der Waals surface area contributed by atoms with Crippen LogP contribution < -0.4 is 10.6 Å². The lowest BCUT2D eigenvalue weighted by Gasteiger charge is -2.22. The van der Waals surface area contributed by atoms with Gasteiger partial charge in [-0.1, -0.05) is 61.9 Å². The number of rotatable bonds is 9. The van der Waals surface area contributed by atoms with Gasteiger partial charge in [-0.3, -0.25) is 9.59 Å². The number of carboxylic acid groups (broad SMARTS) is 1. The molecule has 7 heteroatoms. The van der Waals surface area contributed by atoms with Gasteiger partial charge in [0.1, 0.15) is 6.61 Å². The minimum Gasteiger partial charge on any atom is -0.481 e. The van der Waals surface area contributed by atoms with Gasteiger partial charge in [-0.15, -0.1) is 0 Å². The maximum absolute atomic E-state index is 12.6. The quantitative estimate of drug-likeness (QED) is 0.508. The van der Waals surface area contributed by atoms with Crippen molar-refractivity contribution >= 4 is 18.0 Å². The van der Waals surface area contributed by atoms with Crippen molar-refractivity contribution in [2.24, 2.45) is 5.92 Å². The van der Waals surface area contributed by atoms with Crippen molar-refractivity contribution in [3.8, 4) is 11.1 Å². The number of hydrogen-bond donors (Lipinski definition) is 3. The van der Waals surface area contributed by atoms with Gasteiger partial charge in [-0.2, -0.15) is 0 Å². The van der Waals surface area contributed by atoms with Crippen LogP contribution in [0.4, 0.5) is 4.79 Å². The van der Waals surface area contributed by atoms with E-state index in [4.69, 9.17) is 9.84 Å². The van der Waals surface area contributed by atoms with E-state index in [0.717, 1.165) is 30.4 Å². The van der Waals surface area contributed by atoms with Gasteiger partial charge in [0.2, 0.25) is 5.91 Å². The van der Waals surface area contributed by atoms with E-state index in [9.17, 15) is 14.4 Å². The monoisotopic (exact) mass is 464 g/mol. The Kier molecular flexibility index (Phi) is 7.50. The molecular formula is C27H32N2O5. The minimum atomic E-state index is -0.838. The first-order valence-electron chi connectivity index (χ1n) is 12.1. The fourth-order valence-electron chi connectivity index (χ4n) is 5.29. The van der Waals surface area contributed by atoms with E-state index >= 15 is 0 Å². The highest BCUT2D eigenvalue weighted by Crippen LogP contribution is 2.44. The lowest BCUT2D eigenvalue weighted by Crippen LogP contribution is -2.43. The third-order valence-corrected chi connectivity index (χ3v) is 7.03. The standard InChI is InChI=1S/C27H32N2O5/c1-2-18(15-25(30)29-24-13-7-8-17(24)14-26(31)32)28-27(33)34-16-23-21-11-5-3-9-19(21)20-10-4-6-12-22(20)23/h3-6,9-12,17-18,23-24H,2,7-8,13-16H2,1H3,(H,28,33)(H,29,30)(H,31,32). The summed E-state index contributed by atoms with van der Waals surface area (Å²) in [5, 5.41) is 14.9. The summed E-state index contributed by atoms with van der Waals surface area (Å²) in [6.07, 6.45) is 2.77. The van der Waals surface area contributed by atoms with E-state index in [2.05, 4.69) is 34.9 Å². The Hall–Kier alpha value is -3.35. The predicted octanol–water partition coefficient (Wildman–Crippen LogP) is 4.45. The topological polar surface area (TPSA) is 105 Å². The Labute approximate surface area is 199 Å². The molecule has 1 saturated carbocycles. The van der Waals surface area contributed by atoms with Gasteiger partial charge in [0.15, 0.2) is 0 Å². The third-order valence-electron chi connectivity index (χ3n) is 7.03. The van der Waals surface area contributed by atoms with Crippen molar-refractivity contribution < 1.29 is 24.2 Å². The van der Waals surface area contributed by atoms with Gasteiger partial charge in [0.25, 0.3) is 0 Å². The number of nitrogens with one attached hydrogen (secondary N) is 2. The molecule has 7 nitrogen and oxygen atoms in total. The molecule has 34 heavy (non-hydrogen) atoms. The van der Waals surface area contributed by atoms with E-state index in [0.29, 0.717) is 6.42 Å². The number of carboxylic acids is 1. The second kappa shape index (κ2) is 10.7. The van der Waals surface area contributed by atoms with Crippen molar-refractivity contribution in [3.63, 3.8) is 0 Å². The molecule has 2 aliphatic carbocycles. The minimum absolute atomic E-state index is 0.0185. The van der Waals surface area contributed by atoms with E-state index in [-0.39, 0.29) is 49.3 Å². The van der Waals surface area contributed by atoms with Crippen LogP contribution in [0.25, 0.3) is 11.1 Å². The first-order chi connectivity index (χ1) is 16.5. The van der Waals surface area contributed by atoms with Crippen LogP contribution in [-0.2, 0) is 14.3 Å². The molecule has 180 valence electrons.